The largest absolute Gasteiger partial charge is 0.496 e. The smallest absolute Gasteiger partial charge is 0.350 e. The summed E-state index contributed by atoms with van der Waals surface area (Å²) >= 11 is 0. The Morgan fingerprint density at radius 1 is 0.935 bits per heavy atom. The molecule has 4 aromatic carbocycles. The van der Waals surface area contributed by atoms with E-state index in [0.717, 1.165) is 0 Å². The summed E-state index contributed by atoms with van der Waals surface area (Å²) in [6.07, 6.45) is 0. The second-order valence-electron chi connectivity index (χ2n) is 11.1. The number of carbonyl (C=O) groups is 2. The Kier molecular flexibility index (Phi) is 8.33. The SMILES string of the molecule is COc1cc(OC(=O)c2ccccc2[N+](=O)[O-])ccc1-c1ccc2c(c1COc1cc([N+](=O)[O-])ccc1C)N(C)C(=O)C(C)(C)N2. The predicted octanol–water partition coefficient (Wildman–Crippen LogP) is 6.45. The van der Waals surface area contributed by atoms with Crippen molar-refractivity contribution in [3.05, 3.63) is 110 Å². The maximum Gasteiger partial charge on any atom is 0.350 e. The van der Waals surface area contributed by atoms with Crippen LogP contribution in [0.2, 0.25) is 0 Å². The van der Waals surface area contributed by atoms with Crippen molar-refractivity contribution in [1.82, 2.24) is 0 Å². The molecule has 0 unspecified atom stereocenters. The van der Waals surface area contributed by atoms with Gasteiger partial charge in [-0.15, -0.1) is 0 Å². The van der Waals surface area contributed by atoms with E-state index < -0.39 is 21.4 Å². The molecule has 4 aromatic rings. The van der Waals surface area contributed by atoms with Crippen molar-refractivity contribution < 1.29 is 33.6 Å². The molecule has 13 heteroatoms. The number of carbonyl (C=O) groups excluding carboxylic acids is 2. The summed E-state index contributed by atoms with van der Waals surface area (Å²) in [5.41, 5.74) is 2.10. The number of methoxy groups -OCH3 is 1. The number of aryl methyl sites for hydroxylation is 1. The molecule has 1 N–H and O–H groups in total. The van der Waals surface area contributed by atoms with Gasteiger partial charge in [0.15, 0.2) is 0 Å². The topological polar surface area (TPSA) is 163 Å². The first-order valence-electron chi connectivity index (χ1n) is 14.1. The quantitative estimate of drug-likeness (QED) is 0.0945. The molecule has 0 aromatic heterocycles. The fraction of sp³-hybridized carbons (Fsp3) is 0.212. The summed E-state index contributed by atoms with van der Waals surface area (Å²) in [6.45, 7) is 5.25. The number of amides is 1. The number of benzene rings is 4. The Morgan fingerprint density at radius 2 is 1.65 bits per heavy atom. The van der Waals surface area contributed by atoms with Gasteiger partial charge in [0.1, 0.15) is 35.0 Å². The third-order valence-electron chi connectivity index (χ3n) is 7.65. The number of hydrogen-bond acceptors (Lipinski definition) is 10. The van der Waals surface area contributed by atoms with E-state index in [9.17, 15) is 29.8 Å². The van der Waals surface area contributed by atoms with Crippen molar-refractivity contribution in [3.63, 3.8) is 0 Å². The zero-order chi connectivity index (χ0) is 33.3. The van der Waals surface area contributed by atoms with E-state index in [1.54, 1.807) is 44.9 Å². The lowest BCUT2D eigenvalue weighted by Crippen LogP contribution is -2.52. The van der Waals surface area contributed by atoms with Crippen LogP contribution in [0.15, 0.2) is 72.8 Å². The molecule has 1 heterocycles. The lowest BCUT2D eigenvalue weighted by Gasteiger charge is -2.39. The van der Waals surface area contributed by atoms with Crippen LogP contribution in [0, 0.1) is 27.2 Å². The average Bonchev–Trinajstić information content (AvgIpc) is 3.02. The minimum atomic E-state index is -0.911. The minimum Gasteiger partial charge on any atom is -0.496 e. The standard InChI is InChI=1S/C33H30N4O9/c1-19-10-11-20(36(40)41)16-28(19)45-18-25-22(14-15-26-30(25)35(4)32(39)33(2,3)34-26)23-13-12-21(17-29(23)44-5)46-31(38)24-8-6-7-9-27(24)37(42)43/h6-17,34H,18H2,1-5H3. The molecule has 236 valence electrons. The lowest BCUT2D eigenvalue weighted by atomic mass is 9.91. The molecule has 0 aliphatic carbocycles. The van der Waals surface area contributed by atoms with Gasteiger partial charge in [-0.1, -0.05) is 18.2 Å². The highest BCUT2D eigenvalue weighted by atomic mass is 16.6. The van der Waals surface area contributed by atoms with Crippen LogP contribution in [-0.2, 0) is 11.4 Å². The van der Waals surface area contributed by atoms with Gasteiger partial charge >= 0.3 is 5.97 Å². The van der Waals surface area contributed by atoms with Crippen LogP contribution >= 0.6 is 0 Å². The molecule has 0 saturated heterocycles. The zero-order valence-electron chi connectivity index (χ0n) is 25.7. The number of nitrogens with zero attached hydrogens (tertiary/aromatic N) is 3. The Morgan fingerprint density at radius 3 is 2.35 bits per heavy atom. The highest BCUT2D eigenvalue weighted by Gasteiger charge is 2.39. The van der Waals surface area contributed by atoms with Crippen LogP contribution in [0.1, 0.15) is 35.3 Å². The second-order valence-corrected chi connectivity index (χ2v) is 11.1. The minimum absolute atomic E-state index is 0.0716. The number of hydrogen-bond donors (Lipinski definition) is 1. The van der Waals surface area contributed by atoms with Crippen LogP contribution in [0.4, 0.5) is 22.7 Å². The van der Waals surface area contributed by atoms with E-state index in [0.29, 0.717) is 45.1 Å². The zero-order valence-corrected chi connectivity index (χ0v) is 25.7. The predicted molar refractivity (Wildman–Crippen MR) is 170 cm³/mol. The maximum atomic E-state index is 13.3. The number of likely N-dealkylation sites (N-methyl/N-ethyl adjacent to an activating group) is 1. The summed E-state index contributed by atoms with van der Waals surface area (Å²) < 4.78 is 17.3. The van der Waals surface area contributed by atoms with Gasteiger partial charge in [0.2, 0.25) is 0 Å². The Labute approximate surface area is 263 Å². The number of non-ortho nitro benzene ring substituents is 1. The summed E-state index contributed by atoms with van der Waals surface area (Å²) in [6, 6.07) is 18.1. The van der Waals surface area contributed by atoms with Gasteiger partial charge in [0.25, 0.3) is 17.3 Å². The van der Waals surface area contributed by atoms with E-state index >= 15 is 0 Å². The number of para-hydroxylation sites is 1. The monoisotopic (exact) mass is 626 g/mol. The summed E-state index contributed by atoms with van der Waals surface area (Å²) in [5.74, 6) is -0.401. The molecule has 0 atom stereocenters. The molecule has 46 heavy (non-hydrogen) atoms. The van der Waals surface area contributed by atoms with Crippen molar-refractivity contribution >= 4 is 34.6 Å². The van der Waals surface area contributed by atoms with Gasteiger partial charge < -0.3 is 24.4 Å². The molecule has 0 bridgehead atoms. The number of esters is 1. The first-order valence-corrected chi connectivity index (χ1v) is 14.1. The summed E-state index contributed by atoms with van der Waals surface area (Å²) in [7, 11) is 3.10. The molecule has 1 aliphatic heterocycles. The van der Waals surface area contributed by atoms with Crippen LogP contribution in [0.25, 0.3) is 11.1 Å². The van der Waals surface area contributed by atoms with Crippen molar-refractivity contribution in [2.75, 3.05) is 24.4 Å². The van der Waals surface area contributed by atoms with Gasteiger partial charge in [-0.25, -0.2) is 4.79 Å². The van der Waals surface area contributed by atoms with E-state index in [-0.39, 0.29) is 35.2 Å². The van der Waals surface area contributed by atoms with Crippen LogP contribution < -0.4 is 24.4 Å². The summed E-state index contributed by atoms with van der Waals surface area (Å²) in [4.78, 5) is 49.4. The molecular formula is C33H30N4O9. The van der Waals surface area contributed by atoms with E-state index in [2.05, 4.69) is 5.32 Å². The number of nitro groups is 2. The third-order valence-corrected chi connectivity index (χ3v) is 7.65. The van der Waals surface area contributed by atoms with Crippen molar-refractivity contribution in [2.45, 2.75) is 32.9 Å². The lowest BCUT2D eigenvalue weighted by molar-refractivity contribution is -0.385. The van der Waals surface area contributed by atoms with Gasteiger partial charge in [-0.2, -0.15) is 0 Å². The Bertz CT molecular complexity index is 1900. The number of ether oxygens (including phenoxy) is 3. The molecule has 13 nitrogen and oxygen atoms in total. The first-order chi connectivity index (χ1) is 21.8. The average molecular weight is 627 g/mol. The van der Waals surface area contributed by atoms with Gasteiger partial charge in [-0.05, 0) is 62.2 Å². The molecule has 5 rings (SSSR count). The van der Waals surface area contributed by atoms with Crippen molar-refractivity contribution in [3.8, 4) is 28.4 Å². The van der Waals surface area contributed by atoms with Crippen molar-refractivity contribution in [1.29, 1.82) is 0 Å². The maximum absolute atomic E-state index is 13.3. The van der Waals surface area contributed by atoms with E-state index in [1.165, 1.54) is 55.6 Å². The van der Waals surface area contributed by atoms with Gasteiger partial charge in [-0.3, -0.25) is 25.0 Å². The van der Waals surface area contributed by atoms with Crippen molar-refractivity contribution in [2.24, 2.45) is 0 Å². The third kappa shape index (κ3) is 5.89. The van der Waals surface area contributed by atoms with E-state index in [1.807, 2.05) is 12.1 Å². The molecule has 0 saturated carbocycles. The Hall–Kier alpha value is -5.98. The molecule has 1 aliphatic rings. The van der Waals surface area contributed by atoms with Gasteiger partial charge in [0.05, 0.1) is 34.4 Å². The van der Waals surface area contributed by atoms with E-state index in [4.69, 9.17) is 14.2 Å². The number of anilines is 2. The summed E-state index contributed by atoms with van der Waals surface area (Å²) in [5, 5.41) is 26.1. The number of nitro benzene ring substituents is 2. The number of fused-ring (bicyclic) bond motifs is 1. The number of rotatable bonds is 9. The fourth-order valence-corrected chi connectivity index (χ4v) is 5.36. The molecule has 0 spiro atoms. The van der Waals surface area contributed by atoms with Crippen LogP contribution in [0.5, 0.6) is 17.2 Å². The molecule has 1 amide bonds. The van der Waals surface area contributed by atoms with Gasteiger partial charge in [0, 0.05) is 36.4 Å². The Balaban J connectivity index is 1.58. The highest BCUT2D eigenvalue weighted by Crippen LogP contribution is 2.45. The molecule has 0 radical (unpaired) electrons. The second kappa shape index (κ2) is 12.2. The fourth-order valence-electron chi connectivity index (χ4n) is 5.36. The first kappa shape index (κ1) is 31.4. The van der Waals surface area contributed by atoms with Crippen LogP contribution in [-0.4, -0.2) is 41.4 Å². The van der Waals surface area contributed by atoms with Crippen LogP contribution in [0.3, 0.4) is 0 Å². The highest BCUT2D eigenvalue weighted by molar-refractivity contribution is 6.09. The molecular weight excluding hydrogens is 596 g/mol. The number of nitrogens with one attached hydrogen (secondary N) is 1. The molecule has 0 fully saturated rings. The normalized spacial score (nSPS) is 13.3.